The van der Waals surface area contributed by atoms with Gasteiger partial charge in [0, 0.05) is 5.92 Å². The van der Waals surface area contributed by atoms with Crippen LogP contribution in [0.3, 0.4) is 0 Å². The topological polar surface area (TPSA) is 18.5 Å². The van der Waals surface area contributed by atoms with Crippen LogP contribution >= 0.6 is 0 Å². The normalized spacial score (nSPS) is 17.4. The molecule has 0 heterocycles. The maximum atomic E-state index is 7.69. The Kier molecular flexibility index (Phi) is 9.00. The molecule has 0 aromatic heterocycles. The van der Waals surface area contributed by atoms with Crippen LogP contribution in [0.15, 0.2) is 152 Å². The van der Waals surface area contributed by atoms with Gasteiger partial charge in [-0.2, -0.15) is 0 Å². The second kappa shape index (κ2) is 13.1. The largest absolute Gasteiger partial charge is 0.404 e. The van der Waals surface area contributed by atoms with Crippen LogP contribution in [0.25, 0.3) is 0 Å². The predicted octanol–water partition coefficient (Wildman–Crippen LogP) is 8.74. The Labute approximate surface area is 264 Å². The lowest BCUT2D eigenvalue weighted by molar-refractivity contribution is -0.0268. The summed E-state index contributed by atoms with van der Waals surface area (Å²) in [7, 11) is -2.68. The van der Waals surface area contributed by atoms with E-state index < -0.39 is 13.9 Å². The van der Waals surface area contributed by atoms with Crippen molar-refractivity contribution in [2.75, 3.05) is 6.61 Å². The van der Waals surface area contributed by atoms with Crippen molar-refractivity contribution in [2.24, 2.45) is 5.92 Å². The van der Waals surface area contributed by atoms with Gasteiger partial charge in [-0.3, -0.25) is 0 Å². The molecule has 1 saturated carbocycles. The van der Waals surface area contributed by atoms with Gasteiger partial charge < -0.3 is 9.16 Å². The minimum absolute atomic E-state index is 0.0639. The monoisotopic (exact) mass is 596 g/mol. The van der Waals surface area contributed by atoms with E-state index in [4.69, 9.17) is 9.16 Å². The molecule has 1 aliphatic rings. The van der Waals surface area contributed by atoms with Crippen LogP contribution < -0.4 is 10.4 Å². The first kappa shape index (κ1) is 30.3. The zero-order valence-corrected chi connectivity index (χ0v) is 27.2. The van der Waals surface area contributed by atoms with E-state index in [0.29, 0.717) is 6.61 Å². The molecule has 224 valence electrons. The zero-order chi connectivity index (χ0) is 30.5. The van der Waals surface area contributed by atoms with Crippen LogP contribution in [0, 0.1) is 5.92 Å². The van der Waals surface area contributed by atoms with E-state index in [0.717, 1.165) is 36.0 Å². The van der Waals surface area contributed by atoms with Gasteiger partial charge in [-0.25, -0.2) is 0 Å². The van der Waals surface area contributed by atoms with Crippen LogP contribution in [0.5, 0.6) is 0 Å². The van der Waals surface area contributed by atoms with Gasteiger partial charge in [-0.1, -0.05) is 179 Å². The van der Waals surface area contributed by atoms with Gasteiger partial charge >= 0.3 is 0 Å². The Morgan fingerprint density at radius 1 is 0.545 bits per heavy atom. The predicted molar refractivity (Wildman–Crippen MR) is 185 cm³/mol. The van der Waals surface area contributed by atoms with E-state index in [-0.39, 0.29) is 17.1 Å². The summed E-state index contributed by atoms with van der Waals surface area (Å²) < 4.78 is 15.0. The molecule has 2 nitrogen and oxygen atoms in total. The minimum Gasteiger partial charge on any atom is -0.404 e. The Hall–Kier alpha value is -3.76. The van der Waals surface area contributed by atoms with Crippen LogP contribution in [0.1, 0.15) is 56.7 Å². The molecule has 6 rings (SSSR count). The summed E-state index contributed by atoms with van der Waals surface area (Å²) in [5, 5.41) is 2.60. The Morgan fingerprint density at radius 3 is 1.32 bits per heavy atom. The Morgan fingerprint density at radius 2 is 0.932 bits per heavy atom. The highest BCUT2D eigenvalue weighted by molar-refractivity contribution is 6.99. The maximum Gasteiger partial charge on any atom is 0.261 e. The molecule has 0 aliphatic heterocycles. The molecular weight excluding hydrogens is 553 g/mol. The lowest BCUT2D eigenvalue weighted by Crippen LogP contribution is -2.68. The van der Waals surface area contributed by atoms with Crippen molar-refractivity contribution in [1.29, 1.82) is 0 Å². The van der Waals surface area contributed by atoms with Crippen molar-refractivity contribution in [3.8, 4) is 0 Å². The summed E-state index contributed by atoms with van der Waals surface area (Å²) in [6.07, 6.45) is 3.40. The first-order valence-corrected chi connectivity index (χ1v) is 18.0. The number of rotatable bonds is 10. The summed E-state index contributed by atoms with van der Waals surface area (Å²) >= 11 is 0. The fourth-order valence-corrected chi connectivity index (χ4v) is 12.0. The fourth-order valence-electron chi connectivity index (χ4n) is 7.27. The molecule has 1 fully saturated rings. The van der Waals surface area contributed by atoms with Crippen molar-refractivity contribution in [3.05, 3.63) is 168 Å². The third-order valence-corrected chi connectivity index (χ3v) is 14.5. The van der Waals surface area contributed by atoms with Crippen molar-refractivity contribution < 1.29 is 9.16 Å². The molecule has 0 N–H and O–H groups in total. The minimum atomic E-state index is -2.68. The second-order valence-electron chi connectivity index (χ2n) is 13.1. The summed E-state index contributed by atoms with van der Waals surface area (Å²) in [6, 6.07) is 54.2. The third kappa shape index (κ3) is 5.72. The molecule has 0 saturated heterocycles. The summed E-state index contributed by atoms with van der Waals surface area (Å²) in [5.41, 5.74) is 2.69. The molecule has 0 amide bonds. The standard InChI is InChI=1S/C41H44O2Si/c1-40(2,3)44(37-27-15-7-16-28-37,38-29-17-8-18-30-38)43-39-31-19-20-33(39)32-42-41(34-21-9-4-10-22-34,35-23-11-5-12-24-35)36-25-13-6-14-26-36/h4-18,21-30,33,39H,19-20,31-32H2,1-3H3/t33-,39-/m0/s1. The van der Waals surface area contributed by atoms with E-state index in [9.17, 15) is 0 Å². The quantitative estimate of drug-likeness (QED) is 0.119. The van der Waals surface area contributed by atoms with E-state index >= 15 is 0 Å². The van der Waals surface area contributed by atoms with Crippen LogP contribution in [-0.4, -0.2) is 21.0 Å². The molecule has 0 radical (unpaired) electrons. The van der Waals surface area contributed by atoms with Gasteiger partial charge in [0.25, 0.3) is 8.32 Å². The second-order valence-corrected chi connectivity index (χ2v) is 17.4. The van der Waals surface area contributed by atoms with Crippen molar-refractivity contribution in [1.82, 2.24) is 0 Å². The molecule has 5 aromatic carbocycles. The summed E-state index contributed by atoms with van der Waals surface area (Å²) in [4.78, 5) is 0. The molecule has 0 spiro atoms. The first-order chi connectivity index (χ1) is 21.4. The molecule has 0 bridgehead atoms. The smallest absolute Gasteiger partial charge is 0.261 e. The van der Waals surface area contributed by atoms with Gasteiger partial charge in [0.15, 0.2) is 0 Å². The third-order valence-electron chi connectivity index (χ3n) is 9.39. The van der Waals surface area contributed by atoms with E-state index in [1.165, 1.54) is 10.4 Å². The highest BCUT2D eigenvalue weighted by Gasteiger charge is 2.53. The molecule has 1 aliphatic carbocycles. The lowest BCUT2D eigenvalue weighted by Gasteiger charge is -2.46. The maximum absolute atomic E-state index is 7.69. The Balaban J connectivity index is 1.40. The molecule has 3 heteroatoms. The molecular formula is C41H44O2Si. The van der Waals surface area contributed by atoms with E-state index in [1.807, 2.05) is 0 Å². The lowest BCUT2D eigenvalue weighted by atomic mass is 9.80. The van der Waals surface area contributed by atoms with Gasteiger partial charge in [0.2, 0.25) is 0 Å². The summed E-state index contributed by atoms with van der Waals surface area (Å²) in [6.45, 7) is 7.71. The highest BCUT2D eigenvalue weighted by Crippen LogP contribution is 2.44. The number of hydrogen-bond donors (Lipinski definition) is 0. The number of ether oxygens (including phenoxy) is 1. The molecule has 5 aromatic rings. The van der Waals surface area contributed by atoms with Crippen LogP contribution in [0.4, 0.5) is 0 Å². The van der Waals surface area contributed by atoms with Crippen LogP contribution in [-0.2, 0) is 14.8 Å². The average Bonchev–Trinajstić information content (AvgIpc) is 3.52. The van der Waals surface area contributed by atoms with Gasteiger partial charge in [-0.15, -0.1) is 0 Å². The molecule has 0 unspecified atom stereocenters. The van der Waals surface area contributed by atoms with Gasteiger partial charge in [0.1, 0.15) is 5.60 Å². The fraction of sp³-hybridized carbons (Fsp3) is 0.268. The number of benzene rings is 5. The van der Waals surface area contributed by atoms with E-state index in [1.54, 1.807) is 0 Å². The van der Waals surface area contributed by atoms with Crippen LogP contribution in [0.2, 0.25) is 5.04 Å². The summed E-state index contributed by atoms with van der Waals surface area (Å²) in [5.74, 6) is 0.284. The molecule has 44 heavy (non-hydrogen) atoms. The zero-order valence-electron chi connectivity index (χ0n) is 26.2. The Bertz CT molecular complexity index is 1450. The number of hydrogen-bond acceptors (Lipinski definition) is 2. The van der Waals surface area contributed by atoms with Crippen molar-refractivity contribution in [3.63, 3.8) is 0 Å². The molecule has 2 atom stereocenters. The average molecular weight is 597 g/mol. The van der Waals surface area contributed by atoms with Gasteiger partial charge in [0.05, 0.1) is 12.7 Å². The van der Waals surface area contributed by atoms with Gasteiger partial charge in [-0.05, 0) is 44.9 Å². The van der Waals surface area contributed by atoms with Crippen molar-refractivity contribution >= 4 is 18.7 Å². The first-order valence-electron chi connectivity index (χ1n) is 16.0. The van der Waals surface area contributed by atoms with Crippen molar-refractivity contribution in [2.45, 2.75) is 56.8 Å². The van der Waals surface area contributed by atoms with E-state index in [2.05, 4.69) is 172 Å². The SMILES string of the molecule is CC(C)(C)[Si](O[C@H]1CCC[C@H]1COC(c1ccccc1)(c1ccccc1)c1ccccc1)(c1ccccc1)c1ccccc1. The highest BCUT2D eigenvalue weighted by atomic mass is 28.4.